The first-order valence-electron chi connectivity index (χ1n) is 9.17. The molecule has 0 atom stereocenters. The summed E-state index contributed by atoms with van der Waals surface area (Å²) in [4.78, 5) is 13.4. The second-order valence-corrected chi connectivity index (χ2v) is 7.28. The van der Waals surface area contributed by atoms with Crippen molar-refractivity contribution in [2.75, 3.05) is 0 Å². The van der Waals surface area contributed by atoms with Gasteiger partial charge in [-0.05, 0) is 30.3 Å². The maximum Gasteiger partial charge on any atom is 0.263 e. The zero-order valence-electron chi connectivity index (χ0n) is 16.3. The molecule has 2 heterocycles. The predicted molar refractivity (Wildman–Crippen MR) is 117 cm³/mol. The molecule has 4 aromatic rings. The highest BCUT2D eigenvalue weighted by molar-refractivity contribution is 6.32. The van der Waals surface area contributed by atoms with Gasteiger partial charge in [-0.3, -0.25) is 4.79 Å². The van der Waals surface area contributed by atoms with Gasteiger partial charge in [-0.25, -0.2) is 10.1 Å². The molecule has 0 spiro atoms. The Morgan fingerprint density at radius 2 is 1.94 bits per heavy atom. The molecule has 0 aliphatic heterocycles. The van der Waals surface area contributed by atoms with Crippen molar-refractivity contribution in [3.8, 4) is 17.1 Å². The van der Waals surface area contributed by atoms with Crippen molar-refractivity contribution in [1.29, 1.82) is 0 Å². The van der Waals surface area contributed by atoms with Crippen molar-refractivity contribution in [1.82, 2.24) is 35.4 Å². The first kappa shape index (κ1) is 20.7. The molecular formula is C20H16Cl2N8O. The van der Waals surface area contributed by atoms with Gasteiger partial charge in [0.2, 0.25) is 5.82 Å². The number of rotatable bonds is 6. The maximum absolute atomic E-state index is 12.2. The quantitative estimate of drug-likeness (QED) is 0.355. The summed E-state index contributed by atoms with van der Waals surface area (Å²) in [6, 6.07) is 16.5. The van der Waals surface area contributed by atoms with Crippen LogP contribution in [0.25, 0.3) is 17.1 Å². The molecule has 0 bridgehead atoms. The van der Waals surface area contributed by atoms with Gasteiger partial charge in [0.15, 0.2) is 0 Å². The van der Waals surface area contributed by atoms with Gasteiger partial charge in [0, 0.05) is 10.6 Å². The molecule has 0 saturated carbocycles. The normalized spacial score (nSPS) is 11.2. The number of hydrazone groups is 1. The second-order valence-electron chi connectivity index (χ2n) is 6.48. The van der Waals surface area contributed by atoms with Crippen molar-refractivity contribution in [2.24, 2.45) is 5.10 Å². The van der Waals surface area contributed by atoms with Gasteiger partial charge >= 0.3 is 0 Å². The highest BCUT2D eigenvalue weighted by Crippen LogP contribution is 2.23. The first-order chi connectivity index (χ1) is 15.0. The number of nitrogens with zero attached hydrogens (tertiary/aromatic N) is 7. The lowest BCUT2D eigenvalue weighted by Gasteiger charge is -2.03. The monoisotopic (exact) mass is 454 g/mol. The molecule has 4 rings (SSSR count). The summed E-state index contributed by atoms with van der Waals surface area (Å²) in [5.41, 5.74) is 5.18. The van der Waals surface area contributed by atoms with Crippen LogP contribution < -0.4 is 5.43 Å². The van der Waals surface area contributed by atoms with E-state index in [2.05, 4.69) is 31.0 Å². The van der Waals surface area contributed by atoms with Crippen LogP contribution in [0.3, 0.4) is 0 Å². The third-order valence-corrected chi connectivity index (χ3v) is 4.85. The van der Waals surface area contributed by atoms with Crippen LogP contribution in [-0.2, 0) is 11.3 Å². The molecule has 31 heavy (non-hydrogen) atoms. The highest BCUT2D eigenvalue weighted by Gasteiger charge is 2.14. The summed E-state index contributed by atoms with van der Waals surface area (Å²) in [6.45, 7) is 1.66. The van der Waals surface area contributed by atoms with E-state index in [0.717, 1.165) is 11.3 Å². The van der Waals surface area contributed by atoms with E-state index < -0.39 is 5.91 Å². The number of hydrogen-bond donors (Lipinski definition) is 1. The summed E-state index contributed by atoms with van der Waals surface area (Å²) in [6.07, 6.45) is 1.44. The first-order valence-corrected chi connectivity index (χ1v) is 9.93. The Morgan fingerprint density at radius 1 is 1.13 bits per heavy atom. The lowest BCUT2D eigenvalue weighted by atomic mass is 10.2. The fourth-order valence-corrected chi connectivity index (χ4v) is 3.29. The number of amides is 1. The lowest BCUT2D eigenvalue weighted by molar-refractivity contribution is -0.122. The van der Waals surface area contributed by atoms with E-state index in [9.17, 15) is 4.79 Å². The van der Waals surface area contributed by atoms with Crippen molar-refractivity contribution < 1.29 is 4.79 Å². The molecule has 156 valence electrons. The van der Waals surface area contributed by atoms with Gasteiger partial charge in [0.05, 0.1) is 23.2 Å². The Labute approximate surface area is 187 Å². The molecule has 11 heteroatoms. The smallest absolute Gasteiger partial charge is 0.263 e. The zero-order chi connectivity index (χ0) is 21.8. The van der Waals surface area contributed by atoms with Crippen LogP contribution in [0.2, 0.25) is 10.2 Å². The summed E-state index contributed by atoms with van der Waals surface area (Å²) in [7, 11) is 0. The van der Waals surface area contributed by atoms with E-state index >= 15 is 0 Å². The molecule has 0 aliphatic rings. The Morgan fingerprint density at radius 3 is 2.71 bits per heavy atom. The molecule has 1 N–H and O–H groups in total. The van der Waals surface area contributed by atoms with Crippen LogP contribution in [0.4, 0.5) is 0 Å². The van der Waals surface area contributed by atoms with E-state index in [1.54, 1.807) is 29.8 Å². The molecule has 0 aliphatic carbocycles. The number of aromatic nitrogens is 6. The Kier molecular flexibility index (Phi) is 6.06. The third-order valence-electron chi connectivity index (χ3n) is 4.25. The average molecular weight is 455 g/mol. The molecule has 9 nitrogen and oxygen atoms in total. The summed E-state index contributed by atoms with van der Waals surface area (Å²) >= 11 is 12.5. The molecular weight excluding hydrogens is 439 g/mol. The topological polar surface area (TPSA) is 103 Å². The minimum atomic E-state index is -0.413. The third kappa shape index (κ3) is 4.79. The fourth-order valence-electron chi connectivity index (χ4n) is 2.78. The number of hydrogen-bond acceptors (Lipinski definition) is 6. The van der Waals surface area contributed by atoms with Gasteiger partial charge in [-0.1, -0.05) is 59.6 Å². The Bertz CT molecular complexity index is 1250. The van der Waals surface area contributed by atoms with Crippen molar-refractivity contribution in [3.63, 3.8) is 0 Å². The molecule has 2 aromatic heterocycles. The van der Waals surface area contributed by atoms with Gasteiger partial charge in [-0.15, -0.1) is 10.2 Å². The van der Waals surface area contributed by atoms with Crippen LogP contribution >= 0.6 is 23.2 Å². The van der Waals surface area contributed by atoms with Gasteiger partial charge in [-0.2, -0.15) is 15.0 Å². The SMILES string of the molecule is Cc1nn(-c2cccc(Cl)c2)c(Cl)c1/C=N\NC(=O)Cn1nnc(-c2ccccc2)n1. The van der Waals surface area contributed by atoms with Crippen molar-refractivity contribution in [2.45, 2.75) is 13.5 Å². The molecule has 1 amide bonds. The number of aryl methyl sites for hydroxylation is 1. The maximum atomic E-state index is 12.2. The Hall–Kier alpha value is -3.56. The van der Waals surface area contributed by atoms with E-state index in [-0.39, 0.29) is 6.54 Å². The van der Waals surface area contributed by atoms with Gasteiger partial charge in [0.25, 0.3) is 5.91 Å². The predicted octanol–water partition coefficient (Wildman–Crippen LogP) is 3.29. The Balaban J connectivity index is 1.41. The van der Waals surface area contributed by atoms with Crippen LogP contribution in [0.15, 0.2) is 59.7 Å². The van der Waals surface area contributed by atoms with Gasteiger partial charge < -0.3 is 0 Å². The van der Waals surface area contributed by atoms with Crippen LogP contribution in [-0.4, -0.2) is 42.1 Å². The largest absolute Gasteiger partial charge is 0.271 e. The number of carbonyl (C=O) groups excluding carboxylic acids is 1. The van der Waals surface area contributed by atoms with E-state index in [4.69, 9.17) is 23.2 Å². The van der Waals surface area contributed by atoms with Crippen LogP contribution in [0.5, 0.6) is 0 Å². The highest BCUT2D eigenvalue weighted by atomic mass is 35.5. The lowest BCUT2D eigenvalue weighted by Crippen LogP contribution is -2.24. The van der Waals surface area contributed by atoms with Crippen LogP contribution in [0.1, 0.15) is 11.3 Å². The average Bonchev–Trinajstić information content (AvgIpc) is 3.34. The number of carbonyl (C=O) groups is 1. The van der Waals surface area contributed by atoms with Gasteiger partial charge in [0.1, 0.15) is 11.7 Å². The fraction of sp³-hybridized carbons (Fsp3) is 0.100. The van der Waals surface area contributed by atoms with E-state index in [1.165, 1.54) is 11.0 Å². The molecule has 0 unspecified atom stereocenters. The summed E-state index contributed by atoms with van der Waals surface area (Å²) in [5.74, 6) is 0.0250. The summed E-state index contributed by atoms with van der Waals surface area (Å²) < 4.78 is 1.55. The molecule has 0 saturated heterocycles. The minimum absolute atomic E-state index is 0.133. The molecule has 0 radical (unpaired) electrons. The van der Waals surface area contributed by atoms with Crippen molar-refractivity contribution >= 4 is 35.3 Å². The summed E-state index contributed by atoms with van der Waals surface area (Å²) in [5, 5.41) is 21.3. The standard InChI is InChI=1S/C20H16Cl2N8O/c1-13-17(19(22)30(26-13)16-9-5-8-15(21)10-16)11-23-24-18(31)12-29-27-20(25-28-29)14-6-3-2-4-7-14/h2-11H,12H2,1H3,(H,24,31)/b23-11-. The van der Waals surface area contributed by atoms with Crippen molar-refractivity contribution in [3.05, 3.63) is 76.0 Å². The number of halogens is 2. The minimum Gasteiger partial charge on any atom is -0.271 e. The number of benzene rings is 2. The molecule has 0 fully saturated rings. The van der Waals surface area contributed by atoms with E-state index in [1.807, 2.05) is 36.4 Å². The number of nitrogens with one attached hydrogen (secondary N) is 1. The second kappa shape index (κ2) is 9.07. The van der Waals surface area contributed by atoms with Crippen LogP contribution in [0, 0.1) is 6.92 Å². The molecule has 2 aromatic carbocycles. The number of tetrazole rings is 1. The van der Waals surface area contributed by atoms with E-state index in [0.29, 0.717) is 27.3 Å². The zero-order valence-corrected chi connectivity index (χ0v) is 17.8.